The van der Waals surface area contributed by atoms with Crippen molar-refractivity contribution in [2.45, 2.75) is 52.1 Å². The Bertz CT molecular complexity index is 998. The van der Waals surface area contributed by atoms with Gasteiger partial charge in [-0.3, -0.25) is 9.59 Å². The number of nitrogens with zero attached hydrogens (tertiary/aromatic N) is 2. The van der Waals surface area contributed by atoms with Crippen molar-refractivity contribution in [3.63, 3.8) is 0 Å². The monoisotopic (exact) mass is 447 g/mol. The third-order valence-corrected chi connectivity index (χ3v) is 6.22. The molecule has 3 N–H and O–H groups in total. The molecular formula is C26H33N5O2. The Hall–Kier alpha value is -3.35. The predicted molar refractivity (Wildman–Crippen MR) is 132 cm³/mol. The van der Waals surface area contributed by atoms with Crippen LogP contribution in [0.25, 0.3) is 0 Å². The highest BCUT2D eigenvalue weighted by Gasteiger charge is 2.25. The molecule has 1 aliphatic carbocycles. The van der Waals surface area contributed by atoms with E-state index in [1.807, 2.05) is 60.4 Å². The Balaban J connectivity index is 1.32. The number of rotatable bonds is 8. The zero-order valence-corrected chi connectivity index (χ0v) is 19.3. The van der Waals surface area contributed by atoms with Crippen LogP contribution >= 0.6 is 0 Å². The summed E-state index contributed by atoms with van der Waals surface area (Å²) in [6.07, 6.45) is 4.71. The highest BCUT2D eigenvalue weighted by atomic mass is 16.2. The molecule has 2 fully saturated rings. The van der Waals surface area contributed by atoms with E-state index in [9.17, 15) is 9.59 Å². The average Bonchev–Trinajstić information content (AvgIpc) is 3.21. The van der Waals surface area contributed by atoms with Crippen molar-refractivity contribution < 1.29 is 9.59 Å². The lowest BCUT2D eigenvalue weighted by Gasteiger charge is -2.24. The first-order valence-corrected chi connectivity index (χ1v) is 11.9. The number of benzene rings is 2. The minimum absolute atomic E-state index is 0.122. The van der Waals surface area contributed by atoms with E-state index in [2.05, 4.69) is 16.0 Å². The first-order valence-electron chi connectivity index (χ1n) is 11.9. The van der Waals surface area contributed by atoms with Crippen LogP contribution in [0.2, 0.25) is 0 Å². The fourth-order valence-electron chi connectivity index (χ4n) is 4.07. The Labute approximate surface area is 195 Å². The van der Waals surface area contributed by atoms with E-state index in [4.69, 9.17) is 4.99 Å². The van der Waals surface area contributed by atoms with Gasteiger partial charge in [-0.05, 0) is 61.6 Å². The third kappa shape index (κ3) is 6.12. The standard InChI is InChI=1S/C26H33N5O2/c1-2-27-26(28-17-19-11-13-23(14-12-19)31-15-5-10-24(31)32)29-18-20-6-3-9-22(16-20)30-25(33)21-7-4-8-21/h3,6,9,11-14,16,21H,2,4-5,7-8,10,15,17-18H2,1H3,(H,30,33)(H2,27,28,29). The van der Waals surface area contributed by atoms with Gasteiger partial charge in [0.15, 0.2) is 5.96 Å². The van der Waals surface area contributed by atoms with E-state index in [0.717, 1.165) is 67.2 Å². The molecule has 4 rings (SSSR count). The van der Waals surface area contributed by atoms with Crippen molar-refractivity contribution in [1.82, 2.24) is 10.6 Å². The van der Waals surface area contributed by atoms with Crippen molar-refractivity contribution in [2.24, 2.45) is 10.9 Å². The molecule has 1 aliphatic heterocycles. The van der Waals surface area contributed by atoms with Crippen molar-refractivity contribution in [1.29, 1.82) is 0 Å². The van der Waals surface area contributed by atoms with Crippen LogP contribution in [0, 0.1) is 5.92 Å². The second kappa shape index (κ2) is 11.0. The van der Waals surface area contributed by atoms with E-state index in [1.54, 1.807) is 0 Å². The number of carbonyl (C=O) groups is 2. The Morgan fingerprint density at radius 1 is 1.06 bits per heavy atom. The van der Waals surface area contributed by atoms with Gasteiger partial charge >= 0.3 is 0 Å². The van der Waals surface area contributed by atoms with Gasteiger partial charge in [-0.25, -0.2) is 4.99 Å². The lowest BCUT2D eigenvalue weighted by atomic mass is 9.85. The molecule has 0 radical (unpaired) electrons. The van der Waals surface area contributed by atoms with Gasteiger partial charge in [0.2, 0.25) is 11.8 Å². The Kier molecular flexibility index (Phi) is 7.60. The number of hydrogen-bond acceptors (Lipinski definition) is 3. The molecule has 0 bridgehead atoms. The summed E-state index contributed by atoms with van der Waals surface area (Å²) in [6.45, 7) is 4.75. The number of nitrogens with one attached hydrogen (secondary N) is 3. The Morgan fingerprint density at radius 2 is 1.88 bits per heavy atom. The first kappa shape index (κ1) is 22.8. The minimum Gasteiger partial charge on any atom is -0.357 e. The number of hydrogen-bond donors (Lipinski definition) is 3. The molecule has 0 aromatic heterocycles. The molecule has 0 spiro atoms. The summed E-state index contributed by atoms with van der Waals surface area (Å²) in [5.74, 6) is 1.23. The van der Waals surface area contributed by atoms with E-state index < -0.39 is 0 Å². The zero-order valence-electron chi connectivity index (χ0n) is 19.3. The second-order valence-corrected chi connectivity index (χ2v) is 8.68. The first-order chi connectivity index (χ1) is 16.1. The van der Waals surface area contributed by atoms with Gasteiger partial charge < -0.3 is 20.9 Å². The molecule has 7 heteroatoms. The summed E-state index contributed by atoms with van der Waals surface area (Å²) in [5, 5.41) is 9.68. The maximum absolute atomic E-state index is 12.2. The summed E-state index contributed by atoms with van der Waals surface area (Å²) in [6, 6.07) is 16.0. The average molecular weight is 448 g/mol. The van der Waals surface area contributed by atoms with Gasteiger partial charge in [-0.1, -0.05) is 30.7 Å². The molecule has 174 valence electrons. The maximum Gasteiger partial charge on any atom is 0.227 e. The predicted octanol–water partition coefficient (Wildman–Crippen LogP) is 3.81. The van der Waals surface area contributed by atoms with Gasteiger partial charge in [0.25, 0.3) is 0 Å². The molecule has 2 aromatic carbocycles. The quantitative estimate of drug-likeness (QED) is 0.424. The lowest BCUT2D eigenvalue weighted by Crippen LogP contribution is -2.36. The van der Waals surface area contributed by atoms with Crippen molar-refractivity contribution in [3.8, 4) is 0 Å². The van der Waals surface area contributed by atoms with Crippen LogP contribution in [-0.4, -0.2) is 30.9 Å². The van der Waals surface area contributed by atoms with Crippen molar-refractivity contribution in [3.05, 3.63) is 59.7 Å². The molecule has 33 heavy (non-hydrogen) atoms. The minimum atomic E-state index is 0.122. The van der Waals surface area contributed by atoms with Crippen LogP contribution in [0.4, 0.5) is 11.4 Å². The molecule has 1 heterocycles. The normalized spacial score (nSPS) is 16.5. The number of carbonyl (C=O) groups excluding carboxylic acids is 2. The summed E-state index contributed by atoms with van der Waals surface area (Å²) in [5.41, 5.74) is 3.95. The highest BCUT2D eigenvalue weighted by molar-refractivity contribution is 5.95. The van der Waals surface area contributed by atoms with E-state index >= 15 is 0 Å². The van der Waals surface area contributed by atoms with Gasteiger partial charge in [0.05, 0.1) is 6.54 Å². The number of amides is 2. The molecule has 2 aromatic rings. The van der Waals surface area contributed by atoms with Crippen LogP contribution in [0.1, 0.15) is 50.2 Å². The topological polar surface area (TPSA) is 85.8 Å². The molecule has 2 aliphatic rings. The molecule has 1 saturated heterocycles. The molecule has 2 amide bonds. The number of anilines is 2. The highest BCUT2D eigenvalue weighted by Crippen LogP contribution is 2.27. The smallest absolute Gasteiger partial charge is 0.227 e. The van der Waals surface area contributed by atoms with Crippen LogP contribution in [-0.2, 0) is 22.7 Å². The summed E-state index contributed by atoms with van der Waals surface area (Å²) in [4.78, 5) is 30.7. The fourth-order valence-corrected chi connectivity index (χ4v) is 4.07. The largest absolute Gasteiger partial charge is 0.357 e. The summed E-state index contributed by atoms with van der Waals surface area (Å²) < 4.78 is 0. The zero-order chi connectivity index (χ0) is 23.0. The van der Waals surface area contributed by atoms with Crippen LogP contribution in [0.15, 0.2) is 53.5 Å². The lowest BCUT2D eigenvalue weighted by molar-refractivity contribution is -0.122. The van der Waals surface area contributed by atoms with Gasteiger partial charge in [0, 0.05) is 43.3 Å². The second-order valence-electron chi connectivity index (χ2n) is 8.68. The van der Waals surface area contributed by atoms with Crippen LogP contribution in [0.3, 0.4) is 0 Å². The molecule has 0 atom stereocenters. The fraction of sp³-hybridized carbons (Fsp3) is 0.423. The van der Waals surface area contributed by atoms with Crippen LogP contribution < -0.4 is 20.9 Å². The van der Waals surface area contributed by atoms with Crippen molar-refractivity contribution >= 4 is 29.1 Å². The van der Waals surface area contributed by atoms with Gasteiger partial charge in [0.1, 0.15) is 0 Å². The molecule has 1 saturated carbocycles. The molecule has 0 unspecified atom stereocenters. The van der Waals surface area contributed by atoms with Gasteiger partial charge in [-0.15, -0.1) is 0 Å². The van der Waals surface area contributed by atoms with E-state index in [-0.39, 0.29) is 17.7 Å². The molecule has 7 nitrogen and oxygen atoms in total. The Morgan fingerprint density at radius 3 is 2.55 bits per heavy atom. The maximum atomic E-state index is 12.2. The SMILES string of the molecule is CCNC(=NCc1cccc(NC(=O)C2CCC2)c1)NCc1ccc(N2CCCC2=O)cc1. The number of guanidine groups is 1. The summed E-state index contributed by atoms with van der Waals surface area (Å²) in [7, 11) is 0. The van der Waals surface area contributed by atoms with E-state index in [1.165, 1.54) is 0 Å². The number of aliphatic imine (C=N–C) groups is 1. The third-order valence-electron chi connectivity index (χ3n) is 6.22. The van der Waals surface area contributed by atoms with Crippen LogP contribution in [0.5, 0.6) is 0 Å². The van der Waals surface area contributed by atoms with Gasteiger partial charge in [-0.2, -0.15) is 0 Å². The van der Waals surface area contributed by atoms with Crippen molar-refractivity contribution in [2.75, 3.05) is 23.3 Å². The van der Waals surface area contributed by atoms with E-state index in [0.29, 0.717) is 19.5 Å². The molecular weight excluding hydrogens is 414 g/mol. The summed E-state index contributed by atoms with van der Waals surface area (Å²) >= 11 is 0.